The number of aromatic hydroxyl groups is 1. The van der Waals surface area contributed by atoms with Crippen molar-refractivity contribution < 1.29 is 10.2 Å². The molecule has 13 heavy (non-hydrogen) atoms. The molecule has 70 valence electrons. The Balaban J connectivity index is 2.63. The first-order valence-electron chi connectivity index (χ1n) is 4.16. The Kier molecular flexibility index (Phi) is 3.46. The highest BCUT2D eigenvalue weighted by Gasteiger charge is 1.95. The molecule has 3 heteroatoms. The van der Waals surface area contributed by atoms with Crippen molar-refractivity contribution in [2.24, 2.45) is 4.99 Å². The third kappa shape index (κ3) is 3.25. The van der Waals surface area contributed by atoms with Crippen LogP contribution in [-0.4, -0.2) is 29.1 Å². The first-order valence-corrected chi connectivity index (χ1v) is 4.16. The summed E-state index contributed by atoms with van der Waals surface area (Å²) in [5.41, 5.74) is 0.670. The standard InChI is InChI=1S/C10H13NO2/c1-8(12)6-11-7-9-4-2-3-5-10(9)13/h2-5,7-8,12-13H,6H2,1H3/t8-/m1/s1. The van der Waals surface area contributed by atoms with Crippen LogP contribution in [0.25, 0.3) is 0 Å². The van der Waals surface area contributed by atoms with E-state index in [9.17, 15) is 5.11 Å². The number of aliphatic hydroxyl groups excluding tert-OH is 1. The predicted molar refractivity (Wildman–Crippen MR) is 52.2 cm³/mol. The fourth-order valence-corrected chi connectivity index (χ4v) is 0.900. The monoisotopic (exact) mass is 179 g/mol. The second-order valence-corrected chi connectivity index (χ2v) is 2.90. The molecule has 0 amide bonds. The number of aliphatic imine (C=N–C) groups is 1. The fourth-order valence-electron chi connectivity index (χ4n) is 0.900. The molecule has 0 saturated carbocycles. The Morgan fingerprint density at radius 1 is 1.46 bits per heavy atom. The van der Waals surface area contributed by atoms with Gasteiger partial charge in [0.2, 0.25) is 0 Å². The molecule has 1 aromatic carbocycles. The van der Waals surface area contributed by atoms with E-state index in [1.807, 2.05) is 6.07 Å². The van der Waals surface area contributed by atoms with Gasteiger partial charge in [-0.2, -0.15) is 0 Å². The molecule has 1 aromatic rings. The second kappa shape index (κ2) is 4.62. The van der Waals surface area contributed by atoms with Crippen LogP contribution in [-0.2, 0) is 0 Å². The van der Waals surface area contributed by atoms with Crippen LogP contribution >= 0.6 is 0 Å². The van der Waals surface area contributed by atoms with E-state index in [0.717, 1.165) is 0 Å². The number of aliphatic hydroxyl groups is 1. The van der Waals surface area contributed by atoms with Gasteiger partial charge in [-0.3, -0.25) is 4.99 Å². The summed E-state index contributed by atoms with van der Waals surface area (Å²) < 4.78 is 0. The first-order chi connectivity index (χ1) is 6.20. The van der Waals surface area contributed by atoms with Crippen LogP contribution in [0.15, 0.2) is 29.3 Å². The summed E-state index contributed by atoms with van der Waals surface area (Å²) in [7, 11) is 0. The van der Waals surface area contributed by atoms with E-state index >= 15 is 0 Å². The van der Waals surface area contributed by atoms with Gasteiger partial charge < -0.3 is 10.2 Å². The lowest BCUT2D eigenvalue weighted by Gasteiger charge is -1.98. The van der Waals surface area contributed by atoms with Crippen molar-refractivity contribution in [2.45, 2.75) is 13.0 Å². The van der Waals surface area contributed by atoms with Crippen molar-refractivity contribution in [3.05, 3.63) is 29.8 Å². The summed E-state index contributed by atoms with van der Waals surface area (Å²) in [5.74, 6) is 0.205. The number of rotatable bonds is 3. The van der Waals surface area contributed by atoms with Crippen LogP contribution in [0.2, 0.25) is 0 Å². The van der Waals surface area contributed by atoms with Crippen molar-refractivity contribution in [3.63, 3.8) is 0 Å². The van der Waals surface area contributed by atoms with Crippen LogP contribution in [0.1, 0.15) is 12.5 Å². The van der Waals surface area contributed by atoms with Gasteiger partial charge in [-0.1, -0.05) is 12.1 Å². The number of hydrogen-bond acceptors (Lipinski definition) is 3. The molecule has 1 rings (SSSR count). The Morgan fingerprint density at radius 2 is 2.15 bits per heavy atom. The number of benzene rings is 1. The second-order valence-electron chi connectivity index (χ2n) is 2.90. The topological polar surface area (TPSA) is 52.8 Å². The van der Waals surface area contributed by atoms with Crippen LogP contribution in [0.5, 0.6) is 5.75 Å². The highest BCUT2D eigenvalue weighted by Crippen LogP contribution is 2.12. The zero-order valence-electron chi connectivity index (χ0n) is 7.51. The Labute approximate surface area is 77.4 Å². The minimum Gasteiger partial charge on any atom is -0.507 e. The largest absolute Gasteiger partial charge is 0.507 e. The molecule has 0 aromatic heterocycles. The zero-order chi connectivity index (χ0) is 9.68. The highest BCUT2D eigenvalue weighted by molar-refractivity contribution is 5.83. The van der Waals surface area contributed by atoms with Gasteiger partial charge in [0.25, 0.3) is 0 Å². The van der Waals surface area contributed by atoms with Gasteiger partial charge in [-0.15, -0.1) is 0 Å². The van der Waals surface area contributed by atoms with E-state index in [1.54, 1.807) is 31.3 Å². The molecule has 2 N–H and O–H groups in total. The molecule has 0 heterocycles. The maximum absolute atomic E-state index is 9.32. The molecule has 0 radical (unpaired) electrons. The van der Waals surface area contributed by atoms with Crippen LogP contribution in [0.4, 0.5) is 0 Å². The molecule has 0 saturated heterocycles. The third-order valence-electron chi connectivity index (χ3n) is 1.54. The maximum Gasteiger partial charge on any atom is 0.124 e. The van der Waals surface area contributed by atoms with Gasteiger partial charge in [0, 0.05) is 11.8 Å². The summed E-state index contributed by atoms with van der Waals surface area (Å²) in [6, 6.07) is 6.94. The van der Waals surface area contributed by atoms with E-state index in [2.05, 4.69) is 4.99 Å². The molecular formula is C10H13NO2. The minimum absolute atomic E-state index is 0.205. The molecule has 3 nitrogen and oxygen atoms in total. The highest BCUT2D eigenvalue weighted by atomic mass is 16.3. The summed E-state index contributed by atoms with van der Waals surface area (Å²) >= 11 is 0. The van der Waals surface area contributed by atoms with Crippen molar-refractivity contribution in [2.75, 3.05) is 6.54 Å². The molecule has 0 unspecified atom stereocenters. The van der Waals surface area contributed by atoms with Gasteiger partial charge in [0.15, 0.2) is 0 Å². The fraction of sp³-hybridized carbons (Fsp3) is 0.300. The van der Waals surface area contributed by atoms with Gasteiger partial charge in [-0.05, 0) is 19.1 Å². The lowest BCUT2D eigenvalue weighted by atomic mass is 10.2. The van der Waals surface area contributed by atoms with Crippen LogP contribution in [0.3, 0.4) is 0 Å². The Hall–Kier alpha value is -1.35. The van der Waals surface area contributed by atoms with Crippen molar-refractivity contribution in [1.29, 1.82) is 0 Å². The summed E-state index contributed by atoms with van der Waals surface area (Å²) in [5, 5.41) is 18.2. The number of para-hydroxylation sites is 1. The molecule has 0 bridgehead atoms. The third-order valence-corrected chi connectivity index (χ3v) is 1.54. The van der Waals surface area contributed by atoms with Crippen molar-refractivity contribution in [1.82, 2.24) is 0 Å². The van der Waals surface area contributed by atoms with E-state index in [-0.39, 0.29) is 5.75 Å². The van der Waals surface area contributed by atoms with E-state index in [0.29, 0.717) is 12.1 Å². The smallest absolute Gasteiger partial charge is 0.124 e. The van der Waals surface area contributed by atoms with E-state index < -0.39 is 6.10 Å². The molecule has 0 aliphatic carbocycles. The molecule has 0 aliphatic heterocycles. The van der Waals surface area contributed by atoms with Gasteiger partial charge in [0.1, 0.15) is 5.75 Å². The lowest BCUT2D eigenvalue weighted by Crippen LogP contribution is -2.03. The van der Waals surface area contributed by atoms with E-state index in [1.165, 1.54) is 0 Å². The molecular weight excluding hydrogens is 166 g/mol. The van der Waals surface area contributed by atoms with Crippen molar-refractivity contribution >= 4 is 6.21 Å². The van der Waals surface area contributed by atoms with Crippen LogP contribution < -0.4 is 0 Å². The van der Waals surface area contributed by atoms with Gasteiger partial charge in [-0.25, -0.2) is 0 Å². The number of hydrogen-bond donors (Lipinski definition) is 2. The maximum atomic E-state index is 9.32. The normalized spacial score (nSPS) is 13.4. The first kappa shape index (κ1) is 9.74. The Morgan fingerprint density at radius 3 is 2.77 bits per heavy atom. The average molecular weight is 179 g/mol. The number of nitrogens with zero attached hydrogens (tertiary/aromatic N) is 1. The van der Waals surface area contributed by atoms with Gasteiger partial charge >= 0.3 is 0 Å². The average Bonchev–Trinajstić information content (AvgIpc) is 2.08. The summed E-state index contributed by atoms with van der Waals surface area (Å²) in [4.78, 5) is 3.97. The predicted octanol–water partition coefficient (Wildman–Crippen LogP) is 1.19. The number of phenolic OH excluding ortho intramolecular Hbond substituents is 1. The van der Waals surface area contributed by atoms with E-state index in [4.69, 9.17) is 5.11 Å². The SMILES string of the molecule is C[C@@H](O)CN=Cc1ccccc1O. The van der Waals surface area contributed by atoms with Gasteiger partial charge in [0.05, 0.1) is 12.6 Å². The summed E-state index contributed by atoms with van der Waals surface area (Å²) in [6.07, 6.45) is 1.12. The molecule has 0 aliphatic rings. The minimum atomic E-state index is -0.442. The Bertz CT molecular complexity index is 295. The molecule has 1 atom stereocenters. The van der Waals surface area contributed by atoms with Crippen LogP contribution in [0, 0.1) is 0 Å². The zero-order valence-corrected chi connectivity index (χ0v) is 7.51. The lowest BCUT2D eigenvalue weighted by molar-refractivity contribution is 0.204. The molecule has 0 fully saturated rings. The summed E-state index contributed by atoms with van der Waals surface area (Å²) in [6.45, 7) is 2.02. The number of phenols is 1. The quantitative estimate of drug-likeness (QED) is 0.685. The van der Waals surface area contributed by atoms with Crippen molar-refractivity contribution in [3.8, 4) is 5.75 Å². The molecule has 0 spiro atoms.